The highest BCUT2D eigenvalue weighted by molar-refractivity contribution is 5.95. The standard InChI is InChI=1S/C23H24N4O4/c1-16(20-6-2-3-13-24-20)26-21-12-9-18(15-22(21)27(30)31)23(29)25-14-4-5-17-7-10-19(28)11-8-17/h2-3,6-13,15-16,26,28H,4-5,14H2,1H3,(H,25,29). The second-order valence-electron chi connectivity index (χ2n) is 7.14. The number of aromatic hydroxyl groups is 1. The van der Waals surface area contributed by atoms with Crippen LogP contribution in [0.15, 0.2) is 66.9 Å². The Morgan fingerprint density at radius 2 is 1.94 bits per heavy atom. The highest BCUT2D eigenvalue weighted by Crippen LogP contribution is 2.29. The molecular formula is C23H24N4O4. The van der Waals surface area contributed by atoms with Crippen molar-refractivity contribution >= 4 is 17.3 Å². The third kappa shape index (κ3) is 6.02. The Bertz CT molecular complexity index is 1040. The molecule has 0 saturated carbocycles. The van der Waals surface area contributed by atoms with Crippen LogP contribution < -0.4 is 10.6 Å². The van der Waals surface area contributed by atoms with E-state index in [4.69, 9.17) is 0 Å². The van der Waals surface area contributed by atoms with Gasteiger partial charge in [-0.05, 0) is 61.7 Å². The van der Waals surface area contributed by atoms with Crippen molar-refractivity contribution in [3.8, 4) is 5.75 Å². The Balaban J connectivity index is 1.60. The number of amides is 1. The van der Waals surface area contributed by atoms with Gasteiger partial charge in [0, 0.05) is 24.4 Å². The minimum absolute atomic E-state index is 0.167. The van der Waals surface area contributed by atoms with Crippen molar-refractivity contribution in [2.24, 2.45) is 0 Å². The number of nitrogens with one attached hydrogen (secondary N) is 2. The number of pyridine rings is 1. The average Bonchev–Trinajstić information content (AvgIpc) is 2.78. The highest BCUT2D eigenvalue weighted by atomic mass is 16.6. The molecule has 1 unspecified atom stereocenters. The molecule has 1 atom stereocenters. The van der Waals surface area contributed by atoms with E-state index < -0.39 is 4.92 Å². The maximum atomic E-state index is 12.4. The summed E-state index contributed by atoms with van der Waals surface area (Å²) < 4.78 is 0. The summed E-state index contributed by atoms with van der Waals surface area (Å²) in [5, 5.41) is 26.7. The molecule has 0 spiro atoms. The molecule has 0 radical (unpaired) electrons. The van der Waals surface area contributed by atoms with Gasteiger partial charge in [-0.25, -0.2) is 0 Å². The molecule has 3 rings (SSSR count). The molecule has 0 bridgehead atoms. The van der Waals surface area contributed by atoms with E-state index in [2.05, 4.69) is 15.6 Å². The number of carbonyl (C=O) groups excluding carboxylic acids is 1. The number of hydrogen-bond donors (Lipinski definition) is 3. The monoisotopic (exact) mass is 420 g/mol. The van der Waals surface area contributed by atoms with E-state index in [1.807, 2.05) is 31.2 Å². The lowest BCUT2D eigenvalue weighted by Gasteiger charge is -2.15. The number of anilines is 1. The number of benzene rings is 2. The van der Waals surface area contributed by atoms with Crippen LogP contribution in [-0.2, 0) is 6.42 Å². The van der Waals surface area contributed by atoms with Crippen LogP contribution >= 0.6 is 0 Å². The van der Waals surface area contributed by atoms with E-state index in [0.717, 1.165) is 17.7 Å². The van der Waals surface area contributed by atoms with E-state index in [1.165, 1.54) is 6.07 Å². The Kier molecular flexibility index (Phi) is 7.16. The second-order valence-corrected chi connectivity index (χ2v) is 7.14. The molecule has 0 saturated heterocycles. The molecule has 1 aromatic heterocycles. The maximum Gasteiger partial charge on any atom is 0.293 e. The van der Waals surface area contributed by atoms with Gasteiger partial charge in [-0.2, -0.15) is 0 Å². The average molecular weight is 420 g/mol. The zero-order valence-corrected chi connectivity index (χ0v) is 17.1. The summed E-state index contributed by atoms with van der Waals surface area (Å²) in [4.78, 5) is 27.7. The van der Waals surface area contributed by atoms with Gasteiger partial charge in [0.2, 0.25) is 0 Å². The summed E-state index contributed by atoms with van der Waals surface area (Å²) in [5.41, 5.74) is 2.20. The molecule has 0 fully saturated rings. The van der Waals surface area contributed by atoms with Crippen LogP contribution in [0.3, 0.4) is 0 Å². The van der Waals surface area contributed by atoms with Crippen molar-refractivity contribution in [1.82, 2.24) is 10.3 Å². The summed E-state index contributed by atoms with van der Waals surface area (Å²) >= 11 is 0. The van der Waals surface area contributed by atoms with Crippen LogP contribution in [-0.4, -0.2) is 27.5 Å². The van der Waals surface area contributed by atoms with Crippen LogP contribution in [0.1, 0.15) is 41.0 Å². The largest absolute Gasteiger partial charge is 0.508 e. The fourth-order valence-corrected chi connectivity index (χ4v) is 3.14. The number of aromatic nitrogens is 1. The predicted molar refractivity (Wildman–Crippen MR) is 118 cm³/mol. The summed E-state index contributed by atoms with van der Waals surface area (Å²) in [6, 6.07) is 16.6. The molecule has 3 aromatic rings. The zero-order chi connectivity index (χ0) is 22.2. The molecule has 31 heavy (non-hydrogen) atoms. The van der Waals surface area contributed by atoms with Gasteiger partial charge >= 0.3 is 0 Å². The van der Waals surface area contributed by atoms with Crippen molar-refractivity contribution in [3.05, 3.63) is 93.8 Å². The quantitative estimate of drug-likeness (QED) is 0.271. The van der Waals surface area contributed by atoms with Crippen LogP contribution in [0.5, 0.6) is 5.75 Å². The summed E-state index contributed by atoms with van der Waals surface area (Å²) in [5.74, 6) is -0.149. The van der Waals surface area contributed by atoms with E-state index in [9.17, 15) is 20.0 Å². The first kappa shape index (κ1) is 21.8. The molecular weight excluding hydrogens is 396 g/mol. The highest BCUT2D eigenvalue weighted by Gasteiger charge is 2.19. The van der Waals surface area contributed by atoms with Crippen LogP contribution in [0.4, 0.5) is 11.4 Å². The Morgan fingerprint density at radius 3 is 2.61 bits per heavy atom. The van der Waals surface area contributed by atoms with Gasteiger partial charge in [0.05, 0.1) is 16.7 Å². The molecule has 8 heteroatoms. The number of phenols is 1. The SMILES string of the molecule is CC(Nc1ccc(C(=O)NCCCc2ccc(O)cc2)cc1[N+](=O)[O-])c1ccccn1. The molecule has 0 aliphatic rings. The number of aryl methyl sites for hydroxylation is 1. The third-order valence-electron chi connectivity index (χ3n) is 4.82. The van der Waals surface area contributed by atoms with Crippen LogP contribution in [0.25, 0.3) is 0 Å². The maximum absolute atomic E-state index is 12.4. The van der Waals surface area contributed by atoms with Crippen molar-refractivity contribution in [2.45, 2.75) is 25.8 Å². The molecule has 2 aromatic carbocycles. The smallest absolute Gasteiger partial charge is 0.293 e. The lowest BCUT2D eigenvalue weighted by Crippen LogP contribution is -2.25. The number of nitrogens with zero attached hydrogens (tertiary/aromatic N) is 2. The number of hydrogen-bond acceptors (Lipinski definition) is 6. The number of phenolic OH excluding ortho intramolecular Hbond substituents is 1. The Hall–Kier alpha value is -3.94. The number of nitro groups is 1. The number of carbonyl (C=O) groups is 1. The molecule has 1 heterocycles. The minimum atomic E-state index is -0.505. The zero-order valence-electron chi connectivity index (χ0n) is 17.1. The van der Waals surface area contributed by atoms with Gasteiger partial charge in [-0.3, -0.25) is 19.9 Å². The van der Waals surface area contributed by atoms with Crippen molar-refractivity contribution in [2.75, 3.05) is 11.9 Å². The second kappa shape index (κ2) is 10.2. The van der Waals surface area contributed by atoms with Gasteiger partial charge in [0.25, 0.3) is 11.6 Å². The fourth-order valence-electron chi connectivity index (χ4n) is 3.14. The van der Waals surface area contributed by atoms with Crippen LogP contribution in [0.2, 0.25) is 0 Å². The summed E-state index contributed by atoms with van der Waals surface area (Å²) in [7, 11) is 0. The van der Waals surface area contributed by atoms with Crippen molar-refractivity contribution in [3.63, 3.8) is 0 Å². The molecule has 0 aliphatic carbocycles. The van der Waals surface area contributed by atoms with E-state index in [-0.39, 0.29) is 28.9 Å². The molecule has 1 amide bonds. The summed E-state index contributed by atoms with van der Waals surface area (Å²) in [6.45, 7) is 2.30. The molecule has 0 aliphatic heterocycles. The van der Waals surface area contributed by atoms with Crippen LogP contribution in [0, 0.1) is 10.1 Å². The molecule has 8 nitrogen and oxygen atoms in total. The topological polar surface area (TPSA) is 117 Å². The number of nitro benzene ring substituents is 1. The predicted octanol–water partition coefficient (Wildman–Crippen LogP) is 4.23. The first-order valence-electron chi connectivity index (χ1n) is 9.96. The van der Waals surface area contributed by atoms with Gasteiger partial charge in [-0.1, -0.05) is 18.2 Å². The van der Waals surface area contributed by atoms with Crippen molar-refractivity contribution < 1.29 is 14.8 Å². The first-order valence-corrected chi connectivity index (χ1v) is 9.96. The normalized spacial score (nSPS) is 11.5. The Labute approximate surface area is 180 Å². The molecule has 160 valence electrons. The lowest BCUT2D eigenvalue weighted by molar-refractivity contribution is -0.384. The van der Waals surface area contributed by atoms with Crippen molar-refractivity contribution in [1.29, 1.82) is 0 Å². The lowest BCUT2D eigenvalue weighted by atomic mass is 10.1. The van der Waals surface area contributed by atoms with Gasteiger partial charge < -0.3 is 15.7 Å². The fraction of sp³-hybridized carbons (Fsp3) is 0.217. The summed E-state index contributed by atoms with van der Waals surface area (Å²) in [6.07, 6.45) is 3.12. The van der Waals surface area contributed by atoms with Gasteiger partial charge in [0.15, 0.2) is 0 Å². The van der Waals surface area contributed by atoms with E-state index in [1.54, 1.807) is 36.5 Å². The van der Waals surface area contributed by atoms with E-state index >= 15 is 0 Å². The first-order chi connectivity index (χ1) is 14.9. The van der Waals surface area contributed by atoms with Gasteiger partial charge in [-0.15, -0.1) is 0 Å². The third-order valence-corrected chi connectivity index (χ3v) is 4.82. The van der Waals surface area contributed by atoms with E-state index in [0.29, 0.717) is 18.7 Å². The van der Waals surface area contributed by atoms with Gasteiger partial charge in [0.1, 0.15) is 11.4 Å². The molecule has 3 N–H and O–H groups in total. The Morgan fingerprint density at radius 1 is 1.16 bits per heavy atom. The number of rotatable bonds is 9. The minimum Gasteiger partial charge on any atom is -0.508 e.